The van der Waals surface area contributed by atoms with Gasteiger partial charge in [0, 0.05) is 21.1 Å². The van der Waals surface area contributed by atoms with Crippen molar-refractivity contribution in [3.63, 3.8) is 0 Å². The standard InChI is InChI=1S/C9H15N3/c1-10-7-5-4-6-8(11-2)9(7)12-3/h4-6,10-12H,1-3H3. The fraction of sp³-hybridized carbons (Fsp3) is 0.333. The Balaban J connectivity index is 3.13. The van der Waals surface area contributed by atoms with Crippen molar-refractivity contribution in [3.8, 4) is 0 Å². The number of nitrogens with one attached hydrogen (secondary N) is 3. The quantitative estimate of drug-likeness (QED) is 0.639. The van der Waals surface area contributed by atoms with Gasteiger partial charge in [-0.1, -0.05) is 6.07 Å². The summed E-state index contributed by atoms with van der Waals surface area (Å²) < 4.78 is 0. The minimum absolute atomic E-state index is 1.10. The number of anilines is 3. The fourth-order valence-corrected chi connectivity index (χ4v) is 1.24. The zero-order valence-electron chi connectivity index (χ0n) is 7.73. The lowest BCUT2D eigenvalue weighted by molar-refractivity contribution is 1.42. The van der Waals surface area contributed by atoms with E-state index in [9.17, 15) is 0 Å². The first kappa shape index (κ1) is 8.71. The van der Waals surface area contributed by atoms with E-state index in [1.54, 1.807) is 0 Å². The van der Waals surface area contributed by atoms with Crippen LogP contribution in [-0.4, -0.2) is 21.1 Å². The van der Waals surface area contributed by atoms with Gasteiger partial charge >= 0.3 is 0 Å². The molecule has 0 aliphatic rings. The summed E-state index contributed by atoms with van der Waals surface area (Å²) in [5.74, 6) is 0. The van der Waals surface area contributed by atoms with E-state index >= 15 is 0 Å². The predicted octanol–water partition coefficient (Wildman–Crippen LogP) is 1.81. The highest BCUT2D eigenvalue weighted by atomic mass is 15.0. The molecular formula is C9H15N3. The molecule has 0 fully saturated rings. The Kier molecular flexibility index (Phi) is 2.80. The van der Waals surface area contributed by atoms with Gasteiger partial charge in [-0.15, -0.1) is 0 Å². The first-order valence-electron chi connectivity index (χ1n) is 3.99. The molecule has 66 valence electrons. The summed E-state index contributed by atoms with van der Waals surface area (Å²) in [4.78, 5) is 0. The van der Waals surface area contributed by atoms with E-state index in [4.69, 9.17) is 0 Å². The highest BCUT2D eigenvalue weighted by Gasteiger charge is 2.02. The van der Waals surface area contributed by atoms with E-state index in [-0.39, 0.29) is 0 Å². The second-order valence-electron chi connectivity index (χ2n) is 2.48. The molecule has 0 unspecified atom stereocenters. The van der Waals surface area contributed by atoms with E-state index in [0.29, 0.717) is 0 Å². The Morgan fingerprint density at radius 1 is 0.833 bits per heavy atom. The van der Waals surface area contributed by atoms with Crippen molar-refractivity contribution in [3.05, 3.63) is 18.2 Å². The van der Waals surface area contributed by atoms with E-state index in [0.717, 1.165) is 17.1 Å². The largest absolute Gasteiger partial charge is 0.386 e. The van der Waals surface area contributed by atoms with Gasteiger partial charge in [0.1, 0.15) is 0 Å². The van der Waals surface area contributed by atoms with E-state index in [1.165, 1.54) is 0 Å². The minimum atomic E-state index is 1.10. The Bertz CT molecular complexity index is 236. The van der Waals surface area contributed by atoms with Crippen LogP contribution in [0, 0.1) is 0 Å². The average Bonchev–Trinajstić information content (AvgIpc) is 2.16. The molecule has 0 heterocycles. The first-order chi connectivity index (χ1) is 5.83. The molecule has 0 radical (unpaired) electrons. The van der Waals surface area contributed by atoms with Crippen LogP contribution in [0.1, 0.15) is 0 Å². The topological polar surface area (TPSA) is 36.1 Å². The fourth-order valence-electron chi connectivity index (χ4n) is 1.24. The molecule has 3 N–H and O–H groups in total. The predicted molar refractivity (Wildman–Crippen MR) is 55.1 cm³/mol. The van der Waals surface area contributed by atoms with Gasteiger partial charge in [-0.3, -0.25) is 0 Å². The molecule has 0 atom stereocenters. The molecule has 0 saturated heterocycles. The highest BCUT2D eigenvalue weighted by Crippen LogP contribution is 2.28. The third kappa shape index (κ3) is 1.44. The molecule has 1 aromatic carbocycles. The Hall–Kier alpha value is -1.38. The first-order valence-corrected chi connectivity index (χ1v) is 3.99. The normalized spacial score (nSPS) is 9.25. The van der Waals surface area contributed by atoms with Crippen molar-refractivity contribution in [2.24, 2.45) is 0 Å². The molecule has 12 heavy (non-hydrogen) atoms. The van der Waals surface area contributed by atoms with Crippen LogP contribution in [0.15, 0.2) is 18.2 Å². The number of benzene rings is 1. The summed E-state index contributed by atoms with van der Waals surface area (Å²) >= 11 is 0. The van der Waals surface area contributed by atoms with Gasteiger partial charge in [0.05, 0.1) is 17.1 Å². The van der Waals surface area contributed by atoms with Crippen molar-refractivity contribution in [1.82, 2.24) is 0 Å². The summed E-state index contributed by atoms with van der Waals surface area (Å²) in [6, 6.07) is 6.08. The van der Waals surface area contributed by atoms with Gasteiger partial charge in [0.2, 0.25) is 0 Å². The van der Waals surface area contributed by atoms with E-state index < -0.39 is 0 Å². The molecule has 1 aromatic rings. The van der Waals surface area contributed by atoms with Crippen LogP contribution in [-0.2, 0) is 0 Å². The van der Waals surface area contributed by atoms with Gasteiger partial charge in [-0.05, 0) is 12.1 Å². The molecule has 3 heteroatoms. The molecule has 0 saturated carbocycles. The van der Waals surface area contributed by atoms with Crippen molar-refractivity contribution < 1.29 is 0 Å². The Labute approximate surface area is 73.2 Å². The van der Waals surface area contributed by atoms with E-state index in [2.05, 4.69) is 16.0 Å². The zero-order chi connectivity index (χ0) is 8.97. The molecule has 0 spiro atoms. The van der Waals surface area contributed by atoms with Crippen LogP contribution in [0.3, 0.4) is 0 Å². The molecule has 0 aromatic heterocycles. The van der Waals surface area contributed by atoms with Crippen molar-refractivity contribution in [1.29, 1.82) is 0 Å². The summed E-state index contributed by atoms with van der Waals surface area (Å²) in [5.41, 5.74) is 3.30. The average molecular weight is 165 g/mol. The van der Waals surface area contributed by atoms with Crippen LogP contribution in [0.4, 0.5) is 17.1 Å². The van der Waals surface area contributed by atoms with Gasteiger partial charge in [-0.25, -0.2) is 0 Å². The molecule has 1 rings (SSSR count). The molecular weight excluding hydrogens is 150 g/mol. The lowest BCUT2D eigenvalue weighted by atomic mass is 10.2. The third-order valence-corrected chi connectivity index (χ3v) is 1.85. The van der Waals surface area contributed by atoms with Gasteiger partial charge in [-0.2, -0.15) is 0 Å². The molecule has 0 bridgehead atoms. The van der Waals surface area contributed by atoms with Gasteiger partial charge in [0.15, 0.2) is 0 Å². The Morgan fingerprint density at radius 2 is 1.33 bits per heavy atom. The number of hydrogen-bond acceptors (Lipinski definition) is 3. The summed E-state index contributed by atoms with van der Waals surface area (Å²) in [6.45, 7) is 0. The summed E-state index contributed by atoms with van der Waals surface area (Å²) in [6.07, 6.45) is 0. The number of rotatable bonds is 3. The Morgan fingerprint density at radius 3 is 1.67 bits per heavy atom. The summed E-state index contributed by atoms with van der Waals surface area (Å²) in [5, 5.41) is 9.38. The maximum Gasteiger partial charge on any atom is 0.0808 e. The van der Waals surface area contributed by atoms with Crippen LogP contribution in [0.25, 0.3) is 0 Å². The second-order valence-corrected chi connectivity index (χ2v) is 2.48. The monoisotopic (exact) mass is 165 g/mol. The van der Waals surface area contributed by atoms with Crippen LogP contribution in [0.2, 0.25) is 0 Å². The number of para-hydroxylation sites is 1. The SMILES string of the molecule is CNc1cccc(NC)c1NC. The smallest absolute Gasteiger partial charge is 0.0808 e. The minimum Gasteiger partial charge on any atom is -0.386 e. The molecule has 0 aliphatic carbocycles. The van der Waals surface area contributed by atoms with Crippen LogP contribution in [0.5, 0.6) is 0 Å². The van der Waals surface area contributed by atoms with Crippen molar-refractivity contribution in [2.45, 2.75) is 0 Å². The molecule has 0 amide bonds. The third-order valence-electron chi connectivity index (χ3n) is 1.85. The van der Waals surface area contributed by atoms with Crippen LogP contribution >= 0.6 is 0 Å². The maximum absolute atomic E-state index is 3.14. The highest BCUT2D eigenvalue weighted by molar-refractivity contribution is 5.82. The van der Waals surface area contributed by atoms with E-state index in [1.807, 2.05) is 39.3 Å². The zero-order valence-corrected chi connectivity index (χ0v) is 7.73. The van der Waals surface area contributed by atoms with Crippen molar-refractivity contribution >= 4 is 17.1 Å². The maximum atomic E-state index is 3.14. The summed E-state index contributed by atoms with van der Waals surface area (Å²) in [7, 11) is 5.74. The number of hydrogen-bond donors (Lipinski definition) is 3. The van der Waals surface area contributed by atoms with Gasteiger partial charge in [0.25, 0.3) is 0 Å². The second kappa shape index (κ2) is 3.85. The molecule has 0 aliphatic heterocycles. The molecule has 3 nitrogen and oxygen atoms in total. The lowest BCUT2D eigenvalue weighted by Crippen LogP contribution is -2.00. The lowest BCUT2D eigenvalue weighted by Gasteiger charge is -2.13. The van der Waals surface area contributed by atoms with Crippen LogP contribution < -0.4 is 16.0 Å². The van der Waals surface area contributed by atoms with Crippen molar-refractivity contribution in [2.75, 3.05) is 37.1 Å². The van der Waals surface area contributed by atoms with Gasteiger partial charge < -0.3 is 16.0 Å².